The van der Waals surface area contributed by atoms with Crippen LogP contribution in [0.4, 0.5) is 5.69 Å². The molecule has 2 rings (SSSR count). The van der Waals surface area contributed by atoms with Crippen LogP contribution in [-0.4, -0.2) is 12.5 Å². The van der Waals surface area contributed by atoms with Gasteiger partial charge in [-0.05, 0) is 30.2 Å². The third-order valence-electron chi connectivity index (χ3n) is 2.69. The van der Waals surface area contributed by atoms with E-state index in [9.17, 15) is 4.79 Å². The Morgan fingerprint density at radius 2 is 1.79 bits per heavy atom. The van der Waals surface area contributed by atoms with Crippen LogP contribution in [0.2, 0.25) is 0 Å². The second-order valence-corrected chi connectivity index (χ2v) is 4.12. The Morgan fingerprint density at radius 3 is 2.47 bits per heavy atom. The zero-order valence-corrected chi connectivity index (χ0v) is 11.3. The molecule has 0 aliphatic carbocycles. The normalized spacial score (nSPS) is 9.47. The first-order chi connectivity index (χ1) is 8.75. The molecule has 1 amide bonds. The molecule has 0 saturated heterocycles. The number of nitrogen functional groups attached to an aromatic ring is 1. The van der Waals surface area contributed by atoms with E-state index in [4.69, 9.17) is 5.73 Å². The number of carbonyl (C=O) groups is 1. The van der Waals surface area contributed by atoms with Crippen molar-refractivity contribution in [2.75, 3.05) is 12.3 Å². The number of carbonyl (C=O) groups excluding carboxylic acids is 1. The van der Waals surface area contributed by atoms with Crippen molar-refractivity contribution in [1.29, 1.82) is 0 Å². The van der Waals surface area contributed by atoms with Gasteiger partial charge in [0.2, 0.25) is 0 Å². The standard InChI is InChI=1S/C15H16N2O.ClH/c16-14-8-4-7-13(11-14)15(18)17-10-9-12-5-2-1-3-6-12;/h1-8,11H,9-10,16H2,(H,17,18);1H. The lowest BCUT2D eigenvalue weighted by atomic mass is 10.1. The number of amides is 1. The van der Waals surface area contributed by atoms with Gasteiger partial charge in [0.1, 0.15) is 0 Å². The highest BCUT2D eigenvalue weighted by Crippen LogP contribution is 2.06. The monoisotopic (exact) mass is 276 g/mol. The molecule has 0 aromatic heterocycles. The Bertz CT molecular complexity index is 529. The molecule has 0 heterocycles. The highest BCUT2D eigenvalue weighted by Gasteiger charge is 2.04. The van der Waals surface area contributed by atoms with E-state index in [0.717, 1.165) is 6.42 Å². The Balaban J connectivity index is 0.00000180. The largest absolute Gasteiger partial charge is 0.399 e. The van der Waals surface area contributed by atoms with Gasteiger partial charge in [0, 0.05) is 17.8 Å². The molecule has 0 bridgehead atoms. The molecule has 2 aromatic rings. The molecule has 0 aliphatic heterocycles. The van der Waals surface area contributed by atoms with Gasteiger partial charge in [-0.2, -0.15) is 0 Å². The minimum atomic E-state index is -0.0850. The maximum Gasteiger partial charge on any atom is 0.251 e. The third-order valence-corrected chi connectivity index (χ3v) is 2.69. The summed E-state index contributed by atoms with van der Waals surface area (Å²) in [6, 6.07) is 17.0. The van der Waals surface area contributed by atoms with Gasteiger partial charge in [0.05, 0.1) is 0 Å². The van der Waals surface area contributed by atoms with Gasteiger partial charge < -0.3 is 11.1 Å². The molecule has 100 valence electrons. The van der Waals surface area contributed by atoms with Crippen LogP contribution in [0, 0.1) is 0 Å². The number of hydrogen-bond acceptors (Lipinski definition) is 2. The highest BCUT2D eigenvalue weighted by atomic mass is 35.5. The summed E-state index contributed by atoms with van der Waals surface area (Å²) < 4.78 is 0. The summed E-state index contributed by atoms with van der Waals surface area (Å²) in [6.45, 7) is 0.623. The first-order valence-corrected chi connectivity index (χ1v) is 5.93. The van der Waals surface area contributed by atoms with Crippen LogP contribution in [0.15, 0.2) is 54.6 Å². The van der Waals surface area contributed by atoms with Crippen LogP contribution >= 0.6 is 12.4 Å². The predicted molar refractivity (Wildman–Crippen MR) is 80.6 cm³/mol. The summed E-state index contributed by atoms with van der Waals surface area (Å²) in [5.41, 5.74) is 8.05. The van der Waals surface area contributed by atoms with Crippen LogP contribution in [0.3, 0.4) is 0 Å². The van der Waals surface area contributed by atoms with E-state index in [1.54, 1.807) is 24.3 Å². The Morgan fingerprint density at radius 1 is 1.05 bits per heavy atom. The SMILES string of the molecule is Cl.Nc1cccc(C(=O)NCCc2ccccc2)c1. The van der Waals surface area contributed by atoms with Crippen molar-refractivity contribution < 1.29 is 4.79 Å². The Kier molecular flexibility index (Phi) is 5.90. The van der Waals surface area contributed by atoms with E-state index in [2.05, 4.69) is 5.32 Å². The quantitative estimate of drug-likeness (QED) is 0.844. The van der Waals surface area contributed by atoms with Crippen molar-refractivity contribution in [1.82, 2.24) is 5.32 Å². The second kappa shape index (κ2) is 7.44. The van der Waals surface area contributed by atoms with E-state index in [-0.39, 0.29) is 18.3 Å². The van der Waals surface area contributed by atoms with Gasteiger partial charge in [0.25, 0.3) is 5.91 Å². The van der Waals surface area contributed by atoms with Crippen molar-refractivity contribution in [3.63, 3.8) is 0 Å². The smallest absolute Gasteiger partial charge is 0.251 e. The van der Waals surface area contributed by atoms with Gasteiger partial charge >= 0.3 is 0 Å². The van der Waals surface area contributed by atoms with Crippen LogP contribution in [0.5, 0.6) is 0 Å². The van der Waals surface area contributed by atoms with E-state index in [1.165, 1.54) is 5.56 Å². The van der Waals surface area contributed by atoms with E-state index >= 15 is 0 Å². The minimum Gasteiger partial charge on any atom is -0.399 e. The lowest BCUT2D eigenvalue weighted by Gasteiger charge is -2.05. The van der Waals surface area contributed by atoms with Crippen molar-refractivity contribution in [2.45, 2.75) is 6.42 Å². The zero-order chi connectivity index (χ0) is 12.8. The molecular weight excluding hydrogens is 260 g/mol. The molecule has 0 atom stereocenters. The summed E-state index contributed by atoms with van der Waals surface area (Å²) in [5, 5.41) is 2.88. The molecule has 2 aromatic carbocycles. The second-order valence-electron chi connectivity index (χ2n) is 4.12. The first kappa shape index (κ1) is 15.1. The first-order valence-electron chi connectivity index (χ1n) is 5.93. The lowest BCUT2D eigenvalue weighted by Crippen LogP contribution is -2.25. The van der Waals surface area contributed by atoms with E-state index in [1.807, 2.05) is 30.3 Å². The molecule has 0 unspecified atom stereocenters. The fourth-order valence-electron chi connectivity index (χ4n) is 1.75. The average Bonchev–Trinajstić information content (AvgIpc) is 2.40. The number of nitrogens with one attached hydrogen (secondary N) is 1. The van der Waals surface area contributed by atoms with Crippen LogP contribution < -0.4 is 11.1 Å². The van der Waals surface area contributed by atoms with Gasteiger partial charge in [-0.25, -0.2) is 0 Å². The Hall–Kier alpha value is -2.00. The molecule has 3 N–H and O–H groups in total. The molecule has 0 radical (unpaired) electrons. The summed E-state index contributed by atoms with van der Waals surface area (Å²) >= 11 is 0. The summed E-state index contributed by atoms with van der Waals surface area (Å²) in [4.78, 5) is 11.8. The van der Waals surface area contributed by atoms with Gasteiger partial charge in [-0.1, -0.05) is 36.4 Å². The van der Waals surface area contributed by atoms with Crippen LogP contribution in [0.1, 0.15) is 15.9 Å². The van der Waals surface area contributed by atoms with E-state index < -0.39 is 0 Å². The van der Waals surface area contributed by atoms with Crippen LogP contribution in [0.25, 0.3) is 0 Å². The van der Waals surface area contributed by atoms with Crippen molar-refractivity contribution in [2.24, 2.45) is 0 Å². The molecule has 0 aliphatic rings. The fraction of sp³-hybridized carbons (Fsp3) is 0.133. The number of anilines is 1. The van der Waals surface area contributed by atoms with Crippen molar-refractivity contribution in [3.05, 3.63) is 65.7 Å². The summed E-state index contributed by atoms with van der Waals surface area (Å²) in [5.74, 6) is -0.0850. The molecule has 0 fully saturated rings. The number of rotatable bonds is 4. The molecular formula is C15H17ClN2O. The van der Waals surface area contributed by atoms with Crippen molar-refractivity contribution in [3.8, 4) is 0 Å². The lowest BCUT2D eigenvalue weighted by molar-refractivity contribution is 0.0954. The van der Waals surface area contributed by atoms with Gasteiger partial charge in [-0.15, -0.1) is 12.4 Å². The minimum absolute atomic E-state index is 0. The van der Waals surface area contributed by atoms with Gasteiger partial charge in [-0.3, -0.25) is 4.79 Å². The molecule has 0 saturated carbocycles. The van der Waals surface area contributed by atoms with Crippen LogP contribution in [-0.2, 0) is 6.42 Å². The van der Waals surface area contributed by atoms with E-state index in [0.29, 0.717) is 17.8 Å². The Labute approximate surface area is 119 Å². The highest BCUT2D eigenvalue weighted by molar-refractivity contribution is 5.94. The summed E-state index contributed by atoms with van der Waals surface area (Å²) in [7, 11) is 0. The zero-order valence-electron chi connectivity index (χ0n) is 10.5. The maximum absolute atomic E-state index is 11.8. The predicted octanol–water partition coefficient (Wildman–Crippen LogP) is 2.66. The van der Waals surface area contributed by atoms with Gasteiger partial charge in [0.15, 0.2) is 0 Å². The molecule has 3 nitrogen and oxygen atoms in total. The third kappa shape index (κ3) is 4.64. The number of benzene rings is 2. The molecule has 0 spiro atoms. The van der Waals surface area contributed by atoms with Crippen molar-refractivity contribution >= 4 is 24.0 Å². The molecule has 4 heteroatoms. The fourth-order valence-corrected chi connectivity index (χ4v) is 1.75. The average molecular weight is 277 g/mol. The topological polar surface area (TPSA) is 55.1 Å². The number of hydrogen-bond donors (Lipinski definition) is 2. The number of halogens is 1. The maximum atomic E-state index is 11.8. The molecule has 19 heavy (non-hydrogen) atoms. The number of nitrogens with two attached hydrogens (primary N) is 1. The summed E-state index contributed by atoms with van der Waals surface area (Å²) in [6.07, 6.45) is 0.828.